The zero-order chi connectivity index (χ0) is 13.2. The lowest BCUT2D eigenvalue weighted by Gasteiger charge is -2.06. The number of thioether (sulfide) groups is 2. The molecule has 2 aliphatic heterocycles. The van der Waals surface area contributed by atoms with E-state index in [0.717, 1.165) is 21.3 Å². The minimum Gasteiger partial charge on any atom is -0.450 e. The number of pyridine rings is 1. The molecule has 0 radical (unpaired) electrons. The van der Waals surface area contributed by atoms with Gasteiger partial charge in [0.2, 0.25) is 5.78 Å². The fourth-order valence-electron chi connectivity index (χ4n) is 2.01. The van der Waals surface area contributed by atoms with E-state index in [2.05, 4.69) is 4.98 Å². The number of carbonyl (C=O) groups excluding carboxylic acids is 2. The van der Waals surface area contributed by atoms with Crippen molar-refractivity contribution in [3.8, 4) is 0 Å². The molecule has 1 unspecified atom stereocenters. The van der Waals surface area contributed by atoms with E-state index in [0.29, 0.717) is 6.42 Å². The monoisotopic (exact) mass is 293 g/mol. The van der Waals surface area contributed by atoms with Crippen molar-refractivity contribution in [2.24, 2.45) is 0 Å². The Morgan fingerprint density at radius 2 is 1.89 bits per heavy atom. The molecule has 3 heterocycles. The predicted octanol–water partition coefficient (Wildman–Crippen LogP) is 1.81. The molecule has 1 aromatic heterocycles. The van der Waals surface area contributed by atoms with Gasteiger partial charge in [-0.3, -0.25) is 9.78 Å². The van der Waals surface area contributed by atoms with Crippen LogP contribution in [0.5, 0.6) is 0 Å². The molecular weight excluding hydrogens is 282 g/mol. The summed E-state index contributed by atoms with van der Waals surface area (Å²) < 4.78 is 6.04. The van der Waals surface area contributed by atoms with E-state index in [-0.39, 0.29) is 11.4 Å². The van der Waals surface area contributed by atoms with E-state index in [1.807, 2.05) is 12.1 Å². The summed E-state index contributed by atoms with van der Waals surface area (Å²) in [6, 6.07) is 3.65. The van der Waals surface area contributed by atoms with E-state index < -0.39 is 12.1 Å². The standard InChI is InChI=1S/C13H11NO3S2/c15-11-9(7-8-1-3-14-4-2-8)17-12(16)10(11)13-18-5-6-19-13/h1-4,9H,5-7H2. The summed E-state index contributed by atoms with van der Waals surface area (Å²) in [6.07, 6.45) is 3.07. The van der Waals surface area contributed by atoms with Gasteiger partial charge < -0.3 is 4.74 Å². The Morgan fingerprint density at radius 3 is 2.58 bits per heavy atom. The maximum absolute atomic E-state index is 12.3. The lowest BCUT2D eigenvalue weighted by Crippen LogP contribution is -2.19. The van der Waals surface area contributed by atoms with Crippen molar-refractivity contribution in [2.75, 3.05) is 11.5 Å². The molecule has 1 atom stereocenters. The van der Waals surface area contributed by atoms with Crippen molar-refractivity contribution < 1.29 is 14.3 Å². The first kappa shape index (κ1) is 12.7. The maximum atomic E-state index is 12.3. The minimum atomic E-state index is -0.681. The Balaban J connectivity index is 1.81. The zero-order valence-corrected chi connectivity index (χ0v) is 11.6. The van der Waals surface area contributed by atoms with E-state index in [1.54, 1.807) is 35.9 Å². The lowest BCUT2D eigenvalue weighted by atomic mass is 10.0. The number of carbonyl (C=O) groups is 2. The highest BCUT2D eigenvalue weighted by molar-refractivity contribution is 8.25. The molecule has 0 amide bonds. The van der Waals surface area contributed by atoms with Crippen molar-refractivity contribution in [3.05, 3.63) is 39.9 Å². The molecule has 0 aliphatic carbocycles. The molecular formula is C13H11NO3S2. The summed E-state index contributed by atoms with van der Waals surface area (Å²) in [4.78, 5) is 28.0. The average molecular weight is 293 g/mol. The molecule has 3 rings (SSSR count). The molecule has 2 aliphatic rings. The van der Waals surface area contributed by atoms with Gasteiger partial charge in [0.25, 0.3) is 0 Å². The summed E-state index contributed by atoms with van der Waals surface area (Å²) in [5.74, 6) is 1.23. The van der Waals surface area contributed by atoms with Crippen molar-refractivity contribution in [3.63, 3.8) is 0 Å². The topological polar surface area (TPSA) is 56.3 Å². The van der Waals surface area contributed by atoms with Crippen LogP contribution < -0.4 is 0 Å². The highest BCUT2D eigenvalue weighted by Crippen LogP contribution is 2.41. The first-order chi connectivity index (χ1) is 9.25. The van der Waals surface area contributed by atoms with Crippen molar-refractivity contribution in [1.29, 1.82) is 0 Å². The molecule has 98 valence electrons. The normalized spacial score (nSPS) is 23.1. The Bertz CT molecular complexity index is 548. The maximum Gasteiger partial charge on any atom is 0.344 e. The summed E-state index contributed by atoms with van der Waals surface area (Å²) in [5.41, 5.74) is 1.20. The second-order valence-electron chi connectivity index (χ2n) is 4.18. The number of rotatable bonds is 2. The van der Waals surface area contributed by atoms with Crippen LogP contribution in [0.15, 0.2) is 34.3 Å². The van der Waals surface area contributed by atoms with Gasteiger partial charge in [-0.25, -0.2) is 4.79 Å². The van der Waals surface area contributed by atoms with Gasteiger partial charge >= 0.3 is 5.97 Å². The summed E-state index contributed by atoms with van der Waals surface area (Å²) >= 11 is 3.13. The van der Waals surface area contributed by atoms with Gasteiger partial charge in [0, 0.05) is 30.3 Å². The fourth-order valence-corrected chi connectivity index (χ4v) is 4.54. The smallest absolute Gasteiger partial charge is 0.344 e. The number of hydrogen-bond donors (Lipinski definition) is 0. The van der Waals surface area contributed by atoms with Gasteiger partial charge in [-0.15, -0.1) is 23.5 Å². The molecule has 0 N–H and O–H groups in total. The molecule has 2 fully saturated rings. The number of ketones is 1. The Morgan fingerprint density at radius 1 is 1.21 bits per heavy atom. The highest BCUT2D eigenvalue weighted by atomic mass is 32.2. The van der Waals surface area contributed by atoms with Crippen molar-refractivity contribution in [1.82, 2.24) is 4.98 Å². The quantitative estimate of drug-likeness (QED) is 0.471. The van der Waals surface area contributed by atoms with Crippen LogP contribution in [0.2, 0.25) is 0 Å². The van der Waals surface area contributed by atoms with Crippen LogP contribution in [0.1, 0.15) is 5.56 Å². The van der Waals surface area contributed by atoms with E-state index in [1.165, 1.54) is 0 Å². The summed E-state index contributed by atoms with van der Waals surface area (Å²) in [7, 11) is 0. The van der Waals surface area contributed by atoms with Crippen LogP contribution in [0.3, 0.4) is 0 Å². The molecule has 0 aromatic carbocycles. The second-order valence-corrected chi connectivity index (χ2v) is 6.65. The zero-order valence-electron chi connectivity index (χ0n) is 10.00. The molecule has 1 aromatic rings. The van der Waals surface area contributed by atoms with Crippen LogP contribution in [-0.2, 0) is 20.7 Å². The van der Waals surface area contributed by atoms with Gasteiger partial charge in [0.05, 0.1) is 4.24 Å². The molecule has 2 saturated heterocycles. The van der Waals surface area contributed by atoms with Crippen LogP contribution in [0, 0.1) is 0 Å². The van der Waals surface area contributed by atoms with E-state index >= 15 is 0 Å². The highest BCUT2D eigenvalue weighted by Gasteiger charge is 2.41. The van der Waals surface area contributed by atoms with Crippen LogP contribution in [0.4, 0.5) is 0 Å². The van der Waals surface area contributed by atoms with Crippen molar-refractivity contribution in [2.45, 2.75) is 12.5 Å². The number of esters is 1. The summed E-state index contributed by atoms with van der Waals surface area (Å²) in [6.45, 7) is 0. The third-order valence-corrected chi connectivity index (χ3v) is 5.63. The van der Waals surface area contributed by atoms with Gasteiger partial charge in [-0.1, -0.05) is 0 Å². The Kier molecular flexibility index (Phi) is 3.61. The summed E-state index contributed by atoms with van der Waals surface area (Å²) in [5, 5.41) is 0. The number of cyclic esters (lactones) is 1. The second kappa shape index (κ2) is 5.38. The molecule has 0 saturated carbocycles. The van der Waals surface area contributed by atoms with Crippen LogP contribution in [0.25, 0.3) is 0 Å². The van der Waals surface area contributed by atoms with Crippen LogP contribution >= 0.6 is 23.5 Å². The van der Waals surface area contributed by atoms with Crippen LogP contribution in [-0.4, -0.2) is 34.3 Å². The average Bonchev–Trinajstić information content (AvgIpc) is 3.01. The third kappa shape index (κ3) is 2.55. The minimum absolute atomic E-state index is 0.182. The number of aromatic nitrogens is 1. The number of nitrogens with zero attached hydrogens (tertiary/aromatic N) is 1. The van der Waals surface area contributed by atoms with E-state index in [4.69, 9.17) is 4.74 Å². The van der Waals surface area contributed by atoms with Gasteiger partial charge in [-0.05, 0) is 17.7 Å². The lowest BCUT2D eigenvalue weighted by molar-refractivity contribution is -0.140. The van der Waals surface area contributed by atoms with Gasteiger partial charge in [0.15, 0.2) is 6.10 Å². The number of ether oxygens (including phenoxy) is 1. The third-order valence-electron chi connectivity index (χ3n) is 2.92. The number of Topliss-reactive ketones (excluding diaryl/α,β-unsaturated/α-hetero) is 1. The molecule has 0 spiro atoms. The van der Waals surface area contributed by atoms with Gasteiger partial charge in [-0.2, -0.15) is 0 Å². The largest absolute Gasteiger partial charge is 0.450 e. The van der Waals surface area contributed by atoms with E-state index in [9.17, 15) is 9.59 Å². The molecule has 0 bridgehead atoms. The van der Waals surface area contributed by atoms with Gasteiger partial charge in [0.1, 0.15) is 5.57 Å². The Hall–Kier alpha value is -1.27. The molecule has 4 nitrogen and oxygen atoms in total. The first-order valence-corrected chi connectivity index (χ1v) is 7.87. The number of hydrogen-bond acceptors (Lipinski definition) is 6. The predicted molar refractivity (Wildman–Crippen MR) is 74.8 cm³/mol. The fraction of sp³-hybridized carbons (Fsp3) is 0.308. The molecule has 6 heteroatoms. The molecule has 19 heavy (non-hydrogen) atoms. The Labute approximate surface area is 119 Å². The SMILES string of the molecule is O=C1OC(Cc2ccncc2)C(=O)C1=C1SCCS1. The van der Waals surface area contributed by atoms with Crippen molar-refractivity contribution >= 4 is 35.3 Å². The first-order valence-electron chi connectivity index (χ1n) is 5.89.